The van der Waals surface area contributed by atoms with Gasteiger partial charge in [0.2, 0.25) is 0 Å². The van der Waals surface area contributed by atoms with Gasteiger partial charge in [0, 0.05) is 51.4 Å². The summed E-state index contributed by atoms with van der Waals surface area (Å²) in [6.45, 7) is 9.41. The quantitative estimate of drug-likeness (QED) is 0.605. The van der Waals surface area contributed by atoms with Crippen LogP contribution in [0.1, 0.15) is 24.5 Å². The maximum atomic E-state index is 13.8. The van der Waals surface area contributed by atoms with Crippen molar-refractivity contribution in [3.8, 4) is 0 Å². The Morgan fingerprint density at radius 1 is 1.33 bits per heavy atom. The van der Waals surface area contributed by atoms with Crippen molar-refractivity contribution in [3.05, 3.63) is 35.1 Å². The zero-order chi connectivity index (χ0) is 19.1. The molecule has 1 unspecified atom stereocenters. The Morgan fingerprint density at radius 2 is 2.15 bits per heavy atom. The van der Waals surface area contributed by atoms with Gasteiger partial charge < -0.3 is 19.7 Å². The van der Waals surface area contributed by atoms with E-state index in [2.05, 4.69) is 22.0 Å². The molecule has 1 aromatic carbocycles. The smallest absolute Gasteiger partial charge is 0.194 e. The summed E-state index contributed by atoms with van der Waals surface area (Å²) in [7, 11) is 1.58. The largest absolute Gasteiger partial charge is 0.380 e. The average molecular weight is 378 g/mol. The fraction of sp³-hybridized carbons (Fsp3) is 0.650. The van der Waals surface area contributed by atoms with Crippen molar-refractivity contribution in [1.82, 2.24) is 15.1 Å². The van der Waals surface area contributed by atoms with Crippen molar-refractivity contribution < 1.29 is 13.9 Å². The molecule has 0 amide bonds. The summed E-state index contributed by atoms with van der Waals surface area (Å²) in [4.78, 5) is 9.67. The minimum Gasteiger partial charge on any atom is -0.380 e. The Kier molecular flexibility index (Phi) is 7.43. The van der Waals surface area contributed by atoms with Gasteiger partial charge in [-0.1, -0.05) is 6.07 Å². The van der Waals surface area contributed by atoms with Crippen LogP contribution in [0.4, 0.5) is 4.39 Å². The highest BCUT2D eigenvalue weighted by Gasteiger charge is 2.30. The molecule has 27 heavy (non-hydrogen) atoms. The fourth-order valence-electron chi connectivity index (χ4n) is 3.76. The highest BCUT2D eigenvalue weighted by atomic mass is 19.1. The molecule has 2 aliphatic rings. The number of morpholine rings is 1. The molecule has 3 rings (SSSR count). The molecule has 0 radical (unpaired) electrons. The van der Waals surface area contributed by atoms with Crippen LogP contribution < -0.4 is 5.32 Å². The van der Waals surface area contributed by atoms with Gasteiger partial charge >= 0.3 is 0 Å². The van der Waals surface area contributed by atoms with Crippen LogP contribution in [0.5, 0.6) is 0 Å². The number of ether oxygens (including phenoxy) is 2. The van der Waals surface area contributed by atoms with Crippen molar-refractivity contribution in [2.45, 2.75) is 32.5 Å². The van der Waals surface area contributed by atoms with Crippen LogP contribution in [0.15, 0.2) is 23.2 Å². The van der Waals surface area contributed by atoms with Crippen molar-refractivity contribution in [2.75, 3.05) is 53.0 Å². The normalized spacial score (nSPS) is 21.7. The van der Waals surface area contributed by atoms with Gasteiger partial charge in [0.05, 0.1) is 26.4 Å². The summed E-state index contributed by atoms with van der Waals surface area (Å²) in [5, 5.41) is 3.40. The summed E-state index contributed by atoms with van der Waals surface area (Å²) >= 11 is 0. The van der Waals surface area contributed by atoms with Gasteiger partial charge in [0.15, 0.2) is 5.96 Å². The Hall–Kier alpha value is -1.70. The first kappa shape index (κ1) is 20.0. The van der Waals surface area contributed by atoms with Gasteiger partial charge in [-0.3, -0.25) is 4.90 Å². The predicted octanol–water partition coefficient (Wildman–Crippen LogP) is 1.84. The van der Waals surface area contributed by atoms with E-state index in [1.165, 1.54) is 6.07 Å². The number of nitrogens with one attached hydrogen (secondary N) is 1. The molecule has 150 valence electrons. The van der Waals surface area contributed by atoms with E-state index in [-0.39, 0.29) is 12.4 Å². The molecule has 2 heterocycles. The number of nitrogens with zero attached hydrogens (tertiary/aromatic N) is 3. The van der Waals surface area contributed by atoms with Gasteiger partial charge in [-0.05, 0) is 31.0 Å². The van der Waals surface area contributed by atoms with E-state index < -0.39 is 0 Å². The highest BCUT2D eigenvalue weighted by Crippen LogP contribution is 2.18. The first-order valence-electron chi connectivity index (χ1n) is 9.82. The van der Waals surface area contributed by atoms with Crippen LogP contribution in [0.2, 0.25) is 0 Å². The monoisotopic (exact) mass is 378 g/mol. The number of halogens is 1. The molecule has 0 spiro atoms. The molecule has 2 fully saturated rings. The zero-order valence-electron chi connectivity index (χ0n) is 16.4. The van der Waals surface area contributed by atoms with Crippen LogP contribution in [-0.4, -0.2) is 74.8 Å². The fourth-order valence-corrected chi connectivity index (χ4v) is 3.76. The predicted molar refractivity (Wildman–Crippen MR) is 104 cm³/mol. The van der Waals surface area contributed by atoms with Gasteiger partial charge in [-0.25, -0.2) is 9.38 Å². The lowest BCUT2D eigenvalue weighted by Gasteiger charge is -2.32. The maximum Gasteiger partial charge on any atom is 0.194 e. The third kappa shape index (κ3) is 5.40. The minimum absolute atomic E-state index is 0.232. The molecule has 7 heteroatoms. The number of likely N-dealkylation sites (tertiary alicyclic amines) is 1. The summed E-state index contributed by atoms with van der Waals surface area (Å²) < 4.78 is 24.3. The summed E-state index contributed by atoms with van der Waals surface area (Å²) in [6, 6.07) is 5.70. The molecule has 1 N–H and O–H groups in total. The second-order valence-corrected chi connectivity index (χ2v) is 7.07. The van der Waals surface area contributed by atoms with Gasteiger partial charge in [-0.2, -0.15) is 0 Å². The molecule has 0 saturated carbocycles. The van der Waals surface area contributed by atoms with Crippen molar-refractivity contribution in [3.63, 3.8) is 0 Å². The topological polar surface area (TPSA) is 49.3 Å². The molecule has 1 aromatic rings. The van der Waals surface area contributed by atoms with E-state index in [0.29, 0.717) is 18.2 Å². The highest BCUT2D eigenvalue weighted by molar-refractivity contribution is 5.80. The Labute approximate surface area is 161 Å². The third-order valence-corrected chi connectivity index (χ3v) is 5.18. The van der Waals surface area contributed by atoms with Gasteiger partial charge in [0.25, 0.3) is 0 Å². The van der Waals surface area contributed by atoms with Gasteiger partial charge in [-0.15, -0.1) is 0 Å². The van der Waals surface area contributed by atoms with Crippen LogP contribution in [0.25, 0.3) is 0 Å². The van der Waals surface area contributed by atoms with Crippen molar-refractivity contribution in [1.29, 1.82) is 0 Å². The second-order valence-electron chi connectivity index (χ2n) is 7.07. The van der Waals surface area contributed by atoms with E-state index in [1.807, 2.05) is 6.07 Å². The van der Waals surface area contributed by atoms with Crippen LogP contribution in [0, 0.1) is 5.82 Å². The lowest BCUT2D eigenvalue weighted by molar-refractivity contribution is 0.0195. The molecule has 0 aliphatic carbocycles. The number of benzene rings is 1. The van der Waals surface area contributed by atoms with Crippen LogP contribution in [0.3, 0.4) is 0 Å². The van der Waals surface area contributed by atoms with Gasteiger partial charge in [0.1, 0.15) is 5.82 Å². The second kappa shape index (κ2) is 10.0. The Balaban J connectivity index is 1.63. The molecule has 2 saturated heterocycles. The number of methoxy groups -OCH3 is 1. The van der Waals surface area contributed by atoms with E-state index >= 15 is 0 Å². The number of aliphatic imine (C=N–C) groups is 1. The van der Waals surface area contributed by atoms with Crippen molar-refractivity contribution >= 4 is 5.96 Å². The molecule has 2 aliphatic heterocycles. The number of rotatable bonds is 6. The summed E-state index contributed by atoms with van der Waals surface area (Å²) in [5.74, 6) is 0.704. The third-order valence-electron chi connectivity index (χ3n) is 5.18. The van der Waals surface area contributed by atoms with Crippen molar-refractivity contribution in [2.24, 2.45) is 4.99 Å². The Morgan fingerprint density at radius 3 is 2.89 bits per heavy atom. The standard InChI is InChI=1S/C20H31FN4O2/c1-3-22-20(23-13-16-4-5-19(21)17(12-16)15-26-2)25-7-6-18(14-25)24-8-10-27-11-9-24/h4-5,12,18H,3,6-11,13-15H2,1-2H3,(H,22,23). The lowest BCUT2D eigenvalue weighted by atomic mass is 10.1. The SMILES string of the molecule is CCNC(=NCc1ccc(F)c(COC)c1)N1CCC(N2CCOCC2)C1. The summed E-state index contributed by atoms with van der Waals surface area (Å²) in [5.41, 5.74) is 1.56. The van der Waals surface area contributed by atoms with E-state index in [1.54, 1.807) is 13.2 Å². The lowest BCUT2D eigenvalue weighted by Crippen LogP contribution is -2.46. The average Bonchev–Trinajstić information content (AvgIpc) is 3.18. The van der Waals surface area contributed by atoms with E-state index in [4.69, 9.17) is 14.5 Å². The van der Waals surface area contributed by atoms with E-state index in [0.717, 1.165) is 63.9 Å². The number of hydrogen-bond donors (Lipinski definition) is 1. The Bertz CT molecular complexity index is 634. The maximum absolute atomic E-state index is 13.8. The van der Waals surface area contributed by atoms with E-state index in [9.17, 15) is 4.39 Å². The summed E-state index contributed by atoms with van der Waals surface area (Å²) in [6.07, 6.45) is 1.15. The molecular formula is C20H31FN4O2. The number of hydrogen-bond acceptors (Lipinski definition) is 4. The first-order valence-corrected chi connectivity index (χ1v) is 9.82. The molecule has 0 aromatic heterocycles. The first-order chi connectivity index (χ1) is 13.2. The minimum atomic E-state index is -0.232. The van der Waals surface area contributed by atoms with Crippen LogP contribution >= 0.6 is 0 Å². The number of guanidine groups is 1. The molecule has 6 nitrogen and oxygen atoms in total. The van der Waals surface area contributed by atoms with Crippen LogP contribution in [-0.2, 0) is 22.6 Å². The molecule has 0 bridgehead atoms. The zero-order valence-corrected chi connectivity index (χ0v) is 16.4. The molecular weight excluding hydrogens is 347 g/mol. The molecule has 1 atom stereocenters.